The number of carbonyl (C=O) groups is 4. The lowest BCUT2D eigenvalue weighted by Gasteiger charge is -2.19. The number of imide groups is 1. The molecule has 4 unspecified atom stereocenters. The van der Waals surface area contributed by atoms with Gasteiger partial charge in [0, 0.05) is 5.69 Å². The molecule has 3 aliphatic rings. The predicted molar refractivity (Wildman–Crippen MR) is 111 cm³/mol. The first-order valence-corrected chi connectivity index (χ1v) is 10.5. The number of carbonyl (C=O) groups excluding carboxylic acids is 4. The van der Waals surface area contributed by atoms with Crippen molar-refractivity contribution in [3.63, 3.8) is 0 Å². The van der Waals surface area contributed by atoms with Crippen molar-refractivity contribution in [1.29, 1.82) is 0 Å². The summed E-state index contributed by atoms with van der Waals surface area (Å²) < 4.78 is 45.8. The molecule has 0 radical (unpaired) electrons. The number of fused-ring (bicyclic) bond motifs is 5. The van der Waals surface area contributed by atoms with Crippen LogP contribution in [0.25, 0.3) is 0 Å². The number of hydrogen-bond donors (Lipinski definition) is 2. The quantitative estimate of drug-likeness (QED) is 0.512. The molecule has 1 aromatic heterocycles. The molecule has 2 aromatic rings. The summed E-state index contributed by atoms with van der Waals surface area (Å²) in [6.07, 6.45) is 2.09. The zero-order valence-electron chi connectivity index (χ0n) is 17.5. The van der Waals surface area contributed by atoms with Gasteiger partial charge in [0.15, 0.2) is 0 Å². The van der Waals surface area contributed by atoms with Gasteiger partial charge in [-0.25, -0.2) is 0 Å². The molecule has 176 valence electrons. The second-order valence-electron chi connectivity index (χ2n) is 8.53. The fraction of sp³-hybridized carbons (Fsp3) is 0.304. The van der Waals surface area contributed by atoms with Crippen molar-refractivity contribution in [3.8, 4) is 0 Å². The predicted octanol–water partition coefficient (Wildman–Crippen LogP) is 3.30. The van der Waals surface area contributed by atoms with Crippen molar-refractivity contribution in [2.24, 2.45) is 23.7 Å². The smallest absolute Gasteiger partial charge is 0.418 e. The Morgan fingerprint density at radius 3 is 2.29 bits per heavy atom. The number of nitrogens with one attached hydrogen (secondary N) is 2. The zero-order valence-corrected chi connectivity index (χ0v) is 17.5. The normalized spacial score (nSPS) is 25.1. The summed E-state index contributed by atoms with van der Waals surface area (Å²) in [7, 11) is 0. The minimum Gasteiger partial charge on any atom is -0.472 e. The number of likely N-dealkylation sites (tertiary alicyclic amines) is 1. The van der Waals surface area contributed by atoms with Crippen LogP contribution in [0.4, 0.5) is 24.5 Å². The van der Waals surface area contributed by atoms with E-state index in [-0.39, 0.29) is 23.1 Å². The fourth-order valence-corrected chi connectivity index (χ4v) is 5.02. The Balaban J connectivity index is 1.31. The van der Waals surface area contributed by atoms with Gasteiger partial charge in [-0.1, -0.05) is 12.2 Å². The van der Waals surface area contributed by atoms with Crippen LogP contribution in [-0.4, -0.2) is 35.1 Å². The monoisotopic (exact) mass is 473 g/mol. The van der Waals surface area contributed by atoms with Gasteiger partial charge in [-0.15, -0.1) is 0 Å². The summed E-state index contributed by atoms with van der Waals surface area (Å²) in [6.45, 7) is -0.666. The van der Waals surface area contributed by atoms with E-state index >= 15 is 0 Å². The molecule has 8 nitrogen and oxygen atoms in total. The average molecular weight is 473 g/mol. The van der Waals surface area contributed by atoms with E-state index in [1.165, 1.54) is 18.4 Å². The highest BCUT2D eigenvalue weighted by atomic mass is 19.4. The number of amides is 4. The molecule has 4 amide bonds. The summed E-state index contributed by atoms with van der Waals surface area (Å²) in [5, 5.41) is 4.48. The number of hydrogen-bond acceptors (Lipinski definition) is 5. The molecule has 1 aromatic carbocycles. The van der Waals surface area contributed by atoms with Gasteiger partial charge in [-0.05, 0) is 42.5 Å². The maximum absolute atomic E-state index is 13.7. The van der Waals surface area contributed by atoms with Crippen LogP contribution in [0, 0.1) is 23.7 Å². The lowest BCUT2D eigenvalue weighted by atomic mass is 9.85. The van der Waals surface area contributed by atoms with Crippen molar-refractivity contribution in [3.05, 3.63) is 60.1 Å². The molecule has 0 spiro atoms. The second-order valence-corrected chi connectivity index (χ2v) is 8.53. The number of benzene rings is 1. The Kier molecular flexibility index (Phi) is 5.07. The van der Waals surface area contributed by atoms with Gasteiger partial charge >= 0.3 is 6.18 Å². The van der Waals surface area contributed by atoms with Gasteiger partial charge in [0.25, 0.3) is 5.91 Å². The Morgan fingerprint density at radius 1 is 1.03 bits per heavy atom. The maximum atomic E-state index is 13.7. The second kappa shape index (κ2) is 7.86. The van der Waals surface area contributed by atoms with Crippen LogP contribution in [0.2, 0.25) is 0 Å². The van der Waals surface area contributed by atoms with Crippen molar-refractivity contribution in [2.75, 3.05) is 17.2 Å². The number of nitrogens with zero attached hydrogens (tertiary/aromatic N) is 1. The van der Waals surface area contributed by atoms with E-state index in [0.29, 0.717) is 6.07 Å². The molecule has 5 rings (SSSR count). The van der Waals surface area contributed by atoms with Gasteiger partial charge in [-0.2, -0.15) is 13.2 Å². The summed E-state index contributed by atoms with van der Waals surface area (Å²) in [4.78, 5) is 50.9. The van der Waals surface area contributed by atoms with Gasteiger partial charge in [-0.3, -0.25) is 24.1 Å². The van der Waals surface area contributed by atoms with Crippen LogP contribution in [0.15, 0.2) is 53.4 Å². The number of anilines is 2. The number of rotatable bonds is 5. The van der Waals surface area contributed by atoms with E-state index < -0.39 is 59.4 Å². The highest BCUT2D eigenvalue weighted by Gasteiger charge is 2.59. The largest absolute Gasteiger partial charge is 0.472 e. The standard InChI is InChI=1S/C23H18F3N3O5/c24-23(25,26)15-8-14(27-20(31)13-5-6-34-10-13)3-4-16(15)28-17(30)9-29-21(32)18-11-1-2-12(7-11)19(18)22(29)33/h1-6,8,10-12,18-19H,7,9H2,(H,27,31)(H,28,30). The van der Waals surface area contributed by atoms with Crippen LogP contribution >= 0.6 is 0 Å². The zero-order chi connectivity index (χ0) is 24.2. The first-order valence-electron chi connectivity index (χ1n) is 10.5. The molecule has 34 heavy (non-hydrogen) atoms. The van der Waals surface area contributed by atoms with Crippen molar-refractivity contribution >= 4 is 35.0 Å². The third kappa shape index (κ3) is 3.66. The Hall–Kier alpha value is -3.89. The van der Waals surface area contributed by atoms with E-state index in [1.54, 1.807) is 0 Å². The number of allylic oxidation sites excluding steroid dienone is 2. The van der Waals surface area contributed by atoms with E-state index in [9.17, 15) is 32.3 Å². The van der Waals surface area contributed by atoms with Gasteiger partial charge < -0.3 is 15.1 Å². The molecule has 1 aliphatic heterocycles. The summed E-state index contributed by atoms with van der Waals surface area (Å²) in [6, 6.07) is 4.24. The van der Waals surface area contributed by atoms with E-state index in [1.807, 2.05) is 12.2 Å². The topological polar surface area (TPSA) is 109 Å². The van der Waals surface area contributed by atoms with E-state index in [2.05, 4.69) is 10.6 Å². The first-order chi connectivity index (χ1) is 16.1. The van der Waals surface area contributed by atoms with Gasteiger partial charge in [0.1, 0.15) is 12.8 Å². The Morgan fingerprint density at radius 2 is 1.71 bits per heavy atom. The molecule has 2 fully saturated rings. The first kappa shape index (κ1) is 21.9. The number of furan rings is 1. The highest BCUT2D eigenvalue weighted by Crippen LogP contribution is 2.52. The molecular weight excluding hydrogens is 455 g/mol. The van der Waals surface area contributed by atoms with Crippen molar-refractivity contribution < 1.29 is 36.8 Å². The van der Waals surface area contributed by atoms with Gasteiger partial charge in [0.05, 0.1) is 34.9 Å². The molecular formula is C23H18F3N3O5. The van der Waals surface area contributed by atoms with Crippen LogP contribution in [0.3, 0.4) is 0 Å². The molecule has 2 aliphatic carbocycles. The van der Waals surface area contributed by atoms with Crippen LogP contribution in [0.5, 0.6) is 0 Å². The highest BCUT2D eigenvalue weighted by molar-refractivity contribution is 6.10. The van der Waals surface area contributed by atoms with Gasteiger partial charge in [0.2, 0.25) is 17.7 Å². The average Bonchev–Trinajstić information content (AvgIpc) is 3.56. The maximum Gasteiger partial charge on any atom is 0.418 e. The molecule has 1 saturated heterocycles. The van der Waals surface area contributed by atoms with Crippen LogP contribution in [-0.2, 0) is 20.6 Å². The molecule has 2 N–H and O–H groups in total. The van der Waals surface area contributed by atoms with E-state index in [4.69, 9.17) is 4.42 Å². The van der Waals surface area contributed by atoms with E-state index in [0.717, 1.165) is 23.7 Å². The SMILES string of the molecule is O=C(CN1C(=O)C2C3C=CC(C3)C2C1=O)Nc1ccc(NC(=O)c2ccoc2)cc1C(F)(F)F. The lowest BCUT2D eigenvalue weighted by Crippen LogP contribution is -2.39. The molecule has 11 heteroatoms. The molecule has 2 heterocycles. The molecule has 4 atom stereocenters. The molecule has 2 bridgehead atoms. The Labute approximate surface area is 190 Å². The summed E-state index contributed by atoms with van der Waals surface area (Å²) in [5.41, 5.74) is -1.76. The fourth-order valence-electron chi connectivity index (χ4n) is 5.02. The Bertz CT molecular complexity index is 1190. The minimum atomic E-state index is -4.85. The third-order valence-electron chi connectivity index (χ3n) is 6.50. The van der Waals surface area contributed by atoms with Crippen molar-refractivity contribution in [1.82, 2.24) is 4.90 Å². The lowest BCUT2D eigenvalue weighted by molar-refractivity contribution is -0.143. The van der Waals surface area contributed by atoms with Crippen molar-refractivity contribution in [2.45, 2.75) is 12.6 Å². The number of halogens is 3. The summed E-state index contributed by atoms with van der Waals surface area (Å²) >= 11 is 0. The van der Waals surface area contributed by atoms with Crippen LogP contribution < -0.4 is 10.6 Å². The minimum absolute atomic E-state index is 0.0406. The van der Waals surface area contributed by atoms with Crippen LogP contribution in [0.1, 0.15) is 22.3 Å². The molecule has 1 saturated carbocycles. The third-order valence-corrected chi connectivity index (χ3v) is 6.50. The summed E-state index contributed by atoms with van der Waals surface area (Å²) in [5.74, 6) is -3.60. The number of alkyl halides is 3.